The maximum absolute atomic E-state index is 9.50. The lowest BCUT2D eigenvalue weighted by Gasteiger charge is -1.96. The minimum Gasteiger partial charge on any atom is -0.377 e. The number of unbranched alkanes of at least 4 members (excludes halogenated alkanes) is 5. The summed E-state index contributed by atoms with van der Waals surface area (Å²) < 4.78 is 0. The van der Waals surface area contributed by atoms with Crippen LogP contribution in [-0.2, 0) is 0 Å². The first kappa shape index (κ1) is 16.6. The number of hydrogen-bond donors (Lipinski definition) is 1. The zero-order valence-electron chi connectivity index (χ0n) is 11.6. The van der Waals surface area contributed by atoms with Crippen molar-refractivity contribution in [3.05, 3.63) is 24.3 Å². The van der Waals surface area contributed by atoms with E-state index < -0.39 is 6.10 Å². The van der Waals surface area contributed by atoms with Gasteiger partial charge in [-0.25, -0.2) is 0 Å². The van der Waals surface area contributed by atoms with Gasteiger partial charge in [-0.1, -0.05) is 56.6 Å². The van der Waals surface area contributed by atoms with E-state index in [4.69, 9.17) is 0 Å². The SMILES string of the molecule is C/C=C/C#CC#CC(O)/C=C/CCCCCCC. The fourth-order valence-electron chi connectivity index (χ4n) is 1.41. The van der Waals surface area contributed by atoms with Gasteiger partial charge in [0.05, 0.1) is 0 Å². The molecule has 0 heterocycles. The molecule has 0 amide bonds. The molecule has 0 saturated heterocycles. The molecule has 0 radical (unpaired) electrons. The first-order chi connectivity index (χ1) is 8.81. The molecule has 0 saturated carbocycles. The lowest BCUT2D eigenvalue weighted by Crippen LogP contribution is -1.96. The van der Waals surface area contributed by atoms with Crippen LogP contribution < -0.4 is 0 Å². The molecular weight excluding hydrogens is 220 g/mol. The van der Waals surface area contributed by atoms with Crippen molar-refractivity contribution in [1.29, 1.82) is 0 Å². The molecule has 1 nitrogen and oxygen atoms in total. The molecule has 0 spiro atoms. The van der Waals surface area contributed by atoms with Gasteiger partial charge in [0.2, 0.25) is 0 Å². The molecule has 0 bridgehead atoms. The van der Waals surface area contributed by atoms with E-state index in [2.05, 4.69) is 30.6 Å². The highest BCUT2D eigenvalue weighted by Gasteiger charge is 1.90. The Hall–Kier alpha value is -1.44. The first-order valence-electron chi connectivity index (χ1n) is 6.78. The van der Waals surface area contributed by atoms with E-state index in [0.29, 0.717) is 0 Å². The van der Waals surface area contributed by atoms with E-state index in [-0.39, 0.29) is 0 Å². The van der Waals surface area contributed by atoms with Gasteiger partial charge in [0.1, 0.15) is 6.10 Å². The van der Waals surface area contributed by atoms with Crippen LogP contribution in [0, 0.1) is 23.7 Å². The molecule has 1 atom stereocenters. The molecule has 1 unspecified atom stereocenters. The molecule has 1 N–H and O–H groups in total. The lowest BCUT2D eigenvalue weighted by atomic mass is 10.1. The minimum absolute atomic E-state index is 0.694. The summed E-state index contributed by atoms with van der Waals surface area (Å²) in [5, 5.41) is 9.50. The van der Waals surface area contributed by atoms with Crippen LogP contribution in [0.15, 0.2) is 24.3 Å². The van der Waals surface area contributed by atoms with Crippen LogP contribution in [0.1, 0.15) is 52.4 Å². The van der Waals surface area contributed by atoms with Crippen LogP contribution in [0.4, 0.5) is 0 Å². The molecule has 0 aromatic rings. The van der Waals surface area contributed by atoms with Crippen LogP contribution in [0.25, 0.3) is 0 Å². The quantitative estimate of drug-likeness (QED) is 0.410. The summed E-state index contributed by atoms with van der Waals surface area (Å²) in [4.78, 5) is 0. The van der Waals surface area contributed by atoms with Gasteiger partial charge >= 0.3 is 0 Å². The topological polar surface area (TPSA) is 20.2 Å². The molecule has 1 heteroatoms. The summed E-state index contributed by atoms with van der Waals surface area (Å²) in [5.74, 6) is 10.7. The van der Waals surface area contributed by atoms with Crippen molar-refractivity contribution in [2.45, 2.75) is 58.5 Å². The van der Waals surface area contributed by atoms with Gasteiger partial charge in [0.15, 0.2) is 0 Å². The molecular formula is C17H24O. The third kappa shape index (κ3) is 12.6. The molecule has 0 aromatic carbocycles. The Bertz CT molecular complexity index is 355. The molecule has 18 heavy (non-hydrogen) atoms. The Labute approximate surface area is 112 Å². The maximum Gasteiger partial charge on any atom is 0.134 e. The fraction of sp³-hybridized carbons (Fsp3) is 0.529. The van der Waals surface area contributed by atoms with Crippen molar-refractivity contribution in [1.82, 2.24) is 0 Å². The molecule has 0 aliphatic carbocycles. The molecule has 98 valence electrons. The van der Waals surface area contributed by atoms with Gasteiger partial charge in [0.25, 0.3) is 0 Å². The van der Waals surface area contributed by atoms with E-state index in [1.165, 1.54) is 32.1 Å². The molecule has 0 rings (SSSR count). The van der Waals surface area contributed by atoms with Crippen LogP contribution >= 0.6 is 0 Å². The predicted octanol–water partition coefficient (Wildman–Crippen LogP) is 3.85. The largest absolute Gasteiger partial charge is 0.377 e. The van der Waals surface area contributed by atoms with E-state index >= 15 is 0 Å². The second kappa shape index (κ2) is 13.6. The minimum atomic E-state index is -0.694. The van der Waals surface area contributed by atoms with E-state index in [9.17, 15) is 5.11 Å². The van der Waals surface area contributed by atoms with E-state index in [1.807, 2.05) is 19.1 Å². The van der Waals surface area contributed by atoms with Gasteiger partial charge < -0.3 is 5.11 Å². The average Bonchev–Trinajstić information content (AvgIpc) is 2.37. The van der Waals surface area contributed by atoms with E-state index in [1.54, 1.807) is 12.2 Å². The highest BCUT2D eigenvalue weighted by Crippen LogP contribution is 2.05. The summed E-state index contributed by atoms with van der Waals surface area (Å²) in [7, 11) is 0. The maximum atomic E-state index is 9.50. The normalized spacial score (nSPS) is 11.9. The van der Waals surface area contributed by atoms with Gasteiger partial charge in [0, 0.05) is 0 Å². The van der Waals surface area contributed by atoms with Crippen molar-refractivity contribution >= 4 is 0 Å². The van der Waals surface area contributed by atoms with Gasteiger partial charge in [-0.05, 0) is 43.8 Å². The van der Waals surface area contributed by atoms with Crippen molar-refractivity contribution in [2.24, 2.45) is 0 Å². The second-order valence-electron chi connectivity index (χ2n) is 4.11. The van der Waals surface area contributed by atoms with Crippen molar-refractivity contribution in [3.63, 3.8) is 0 Å². The number of allylic oxidation sites excluding steroid dienone is 3. The van der Waals surface area contributed by atoms with Crippen molar-refractivity contribution in [2.75, 3.05) is 0 Å². The van der Waals surface area contributed by atoms with Crippen LogP contribution in [0.3, 0.4) is 0 Å². The Morgan fingerprint density at radius 2 is 1.89 bits per heavy atom. The Morgan fingerprint density at radius 1 is 1.11 bits per heavy atom. The van der Waals surface area contributed by atoms with Crippen LogP contribution in [0.2, 0.25) is 0 Å². The van der Waals surface area contributed by atoms with Gasteiger partial charge in [-0.2, -0.15) is 0 Å². The monoisotopic (exact) mass is 244 g/mol. The third-order valence-electron chi connectivity index (χ3n) is 2.40. The summed E-state index contributed by atoms with van der Waals surface area (Å²) in [5.41, 5.74) is 0. The highest BCUT2D eigenvalue weighted by molar-refractivity contribution is 5.32. The fourth-order valence-corrected chi connectivity index (χ4v) is 1.41. The van der Waals surface area contributed by atoms with Gasteiger partial charge in [-0.3, -0.25) is 0 Å². The first-order valence-corrected chi connectivity index (χ1v) is 6.78. The highest BCUT2D eigenvalue weighted by atomic mass is 16.3. The lowest BCUT2D eigenvalue weighted by molar-refractivity contribution is 0.280. The second-order valence-corrected chi connectivity index (χ2v) is 4.11. The number of aliphatic hydroxyl groups excluding tert-OH is 1. The Kier molecular flexibility index (Phi) is 12.5. The molecule has 0 fully saturated rings. The van der Waals surface area contributed by atoms with Crippen LogP contribution in [-0.4, -0.2) is 11.2 Å². The average molecular weight is 244 g/mol. The van der Waals surface area contributed by atoms with E-state index in [0.717, 1.165) is 6.42 Å². The Morgan fingerprint density at radius 3 is 2.61 bits per heavy atom. The molecule has 0 aliphatic rings. The third-order valence-corrected chi connectivity index (χ3v) is 2.40. The van der Waals surface area contributed by atoms with Crippen LogP contribution in [0.5, 0.6) is 0 Å². The predicted molar refractivity (Wildman–Crippen MR) is 78.9 cm³/mol. The van der Waals surface area contributed by atoms with Crippen molar-refractivity contribution < 1.29 is 5.11 Å². The standard InChI is InChI=1S/C17H24O/c1-3-5-7-9-10-12-14-16-17(18)15-13-11-8-6-4-2/h4,6,14,16-18H,3,5,7,9-10,12H2,1-2H3/b6-4+,16-14+. The summed E-state index contributed by atoms with van der Waals surface area (Å²) in [6, 6.07) is 0. The Balaban J connectivity index is 3.68. The smallest absolute Gasteiger partial charge is 0.134 e. The molecule has 0 aliphatic heterocycles. The zero-order valence-corrected chi connectivity index (χ0v) is 11.6. The number of rotatable bonds is 7. The molecule has 0 aromatic heterocycles. The number of aliphatic hydroxyl groups is 1. The van der Waals surface area contributed by atoms with Crippen molar-refractivity contribution in [3.8, 4) is 23.7 Å². The number of hydrogen-bond acceptors (Lipinski definition) is 1. The van der Waals surface area contributed by atoms with Gasteiger partial charge in [-0.15, -0.1) is 0 Å². The summed E-state index contributed by atoms with van der Waals surface area (Å²) >= 11 is 0. The summed E-state index contributed by atoms with van der Waals surface area (Å²) in [6.45, 7) is 4.12. The zero-order chi connectivity index (χ0) is 13.5. The summed E-state index contributed by atoms with van der Waals surface area (Å²) in [6.07, 6.45) is 14.0.